The van der Waals surface area contributed by atoms with E-state index in [-0.39, 0.29) is 12.1 Å². The van der Waals surface area contributed by atoms with E-state index in [0.29, 0.717) is 4.47 Å². The van der Waals surface area contributed by atoms with Crippen molar-refractivity contribution < 1.29 is 14.8 Å². The van der Waals surface area contributed by atoms with Crippen molar-refractivity contribution in [3.8, 4) is 5.75 Å². The van der Waals surface area contributed by atoms with Crippen LogP contribution in [0.5, 0.6) is 5.75 Å². The molecule has 0 aromatic heterocycles. The Morgan fingerprint density at radius 1 is 1.21 bits per heavy atom. The molecule has 1 amide bonds. The first-order valence-electron chi connectivity index (χ1n) is 8.16. The maximum Gasteiger partial charge on any atom is 0.312 e. The lowest BCUT2D eigenvalue weighted by Gasteiger charge is -2.08. The van der Waals surface area contributed by atoms with Gasteiger partial charge in [0.25, 0.3) is 5.91 Å². The number of nitro groups is 1. The number of aromatic hydroxyl groups is 1. The molecule has 0 aliphatic carbocycles. The smallest absolute Gasteiger partial charge is 0.312 e. The van der Waals surface area contributed by atoms with Crippen LogP contribution in [0, 0.1) is 10.1 Å². The minimum atomic E-state index is -0.704. The number of halogens is 1. The second-order valence-electron chi connectivity index (χ2n) is 5.79. The molecule has 3 aromatic rings. The summed E-state index contributed by atoms with van der Waals surface area (Å²) in [7, 11) is 0. The largest absolute Gasteiger partial charge is 0.502 e. The molecule has 0 aliphatic heterocycles. The highest BCUT2D eigenvalue weighted by molar-refractivity contribution is 9.10. The molecule has 9 heteroatoms. The number of nitrogens with one attached hydrogen (secondary N) is 2. The third-order valence-electron chi connectivity index (χ3n) is 3.90. The number of rotatable bonds is 6. The van der Waals surface area contributed by atoms with Gasteiger partial charge in [-0.25, -0.2) is 5.43 Å². The standard InChI is InChI=1S/C19H15BrN4O4/c20-14-8-13(19(26)17(9-14)24(27)28)10-22-23-18(25)11-21-16-7-3-5-12-4-1-2-6-15(12)16/h1-10,21,26H,11H2,(H,23,25)/b22-10+. The van der Waals surface area contributed by atoms with E-state index in [4.69, 9.17) is 0 Å². The second kappa shape index (κ2) is 8.49. The number of hydrazone groups is 1. The lowest BCUT2D eigenvalue weighted by Crippen LogP contribution is -2.25. The Morgan fingerprint density at radius 3 is 2.75 bits per heavy atom. The highest BCUT2D eigenvalue weighted by atomic mass is 79.9. The molecule has 3 N–H and O–H groups in total. The lowest BCUT2D eigenvalue weighted by molar-refractivity contribution is -0.385. The minimum absolute atomic E-state index is 0.0179. The summed E-state index contributed by atoms with van der Waals surface area (Å²) in [5.74, 6) is -0.937. The topological polar surface area (TPSA) is 117 Å². The predicted octanol–water partition coefficient (Wildman–Crippen LogP) is 3.78. The van der Waals surface area contributed by atoms with Crippen molar-refractivity contribution in [2.45, 2.75) is 0 Å². The van der Waals surface area contributed by atoms with E-state index in [2.05, 4.69) is 31.8 Å². The van der Waals surface area contributed by atoms with E-state index >= 15 is 0 Å². The minimum Gasteiger partial charge on any atom is -0.502 e. The third kappa shape index (κ3) is 4.44. The number of carbonyl (C=O) groups excluding carboxylic acids is 1. The molecule has 0 unspecified atom stereocenters. The maximum absolute atomic E-state index is 12.0. The van der Waals surface area contributed by atoms with Gasteiger partial charge >= 0.3 is 5.69 Å². The van der Waals surface area contributed by atoms with Gasteiger partial charge in [0.15, 0.2) is 0 Å². The Labute approximate surface area is 168 Å². The lowest BCUT2D eigenvalue weighted by atomic mass is 10.1. The number of phenols is 1. The molecule has 0 saturated heterocycles. The van der Waals surface area contributed by atoms with Crippen LogP contribution in [0.3, 0.4) is 0 Å². The summed E-state index contributed by atoms with van der Waals surface area (Å²) in [6.45, 7) is -0.0179. The van der Waals surface area contributed by atoms with Crippen LogP contribution in [0.2, 0.25) is 0 Å². The Bertz CT molecular complexity index is 1080. The molecule has 0 atom stereocenters. The molecule has 3 rings (SSSR count). The Balaban J connectivity index is 1.64. The quantitative estimate of drug-likeness (QED) is 0.305. The van der Waals surface area contributed by atoms with E-state index in [1.807, 2.05) is 42.5 Å². The van der Waals surface area contributed by atoms with Gasteiger partial charge in [-0.05, 0) is 17.5 Å². The number of nitro benzene ring substituents is 1. The zero-order valence-electron chi connectivity index (χ0n) is 14.4. The number of nitrogens with zero attached hydrogens (tertiary/aromatic N) is 2. The van der Waals surface area contributed by atoms with Gasteiger partial charge in [0, 0.05) is 27.2 Å². The van der Waals surface area contributed by atoms with Crippen LogP contribution in [0.1, 0.15) is 5.56 Å². The number of benzene rings is 3. The number of carbonyl (C=O) groups is 1. The number of fused-ring (bicyclic) bond motifs is 1. The van der Waals surface area contributed by atoms with Crippen molar-refractivity contribution in [2.75, 3.05) is 11.9 Å². The Hall–Kier alpha value is -3.46. The average Bonchev–Trinajstić information content (AvgIpc) is 2.68. The molecule has 3 aromatic carbocycles. The Morgan fingerprint density at radius 2 is 1.96 bits per heavy atom. The van der Waals surface area contributed by atoms with E-state index in [1.165, 1.54) is 12.1 Å². The zero-order valence-corrected chi connectivity index (χ0v) is 16.0. The molecular formula is C19H15BrN4O4. The van der Waals surface area contributed by atoms with E-state index in [9.17, 15) is 20.0 Å². The van der Waals surface area contributed by atoms with Crippen LogP contribution in [0.15, 0.2) is 64.2 Å². The summed E-state index contributed by atoms with van der Waals surface area (Å²) in [6.07, 6.45) is 1.14. The summed E-state index contributed by atoms with van der Waals surface area (Å²) >= 11 is 3.13. The fourth-order valence-electron chi connectivity index (χ4n) is 2.61. The maximum atomic E-state index is 12.0. The summed E-state index contributed by atoms with van der Waals surface area (Å²) < 4.78 is 0.405. The molecule has 0 aliphatic rings. The summed E-state index contributed by atoms with van der Waals surface area (Å²) in [5, 5.41) is 29.7. The molecule has 0 radical (unpaired) electrons. The van der Waals surface area contributed by atoms with Crippen molar-refractivity contribution in [2.24, 2.45) is 5.10 Å². The number of hydrogen-bond donors (Lipinski definition) is 3. The predicted molar refractivity (Wildman–Crippen MR) is 111 cm³/mol. The molecule has 142 valence electrons. The van der Waals surface area contributed by atoms with E-state index in [0.717, 1.165) is 22.7 Å². The van der Waals surface area contributed by atoms with Crippen LogP contribution >= 0.6 is 15.9 Å². The van der Waals surface area contributed by atoms with Crippen molar-refractivity contribution in [1.82, 2.24) is 5.43 Å². The normalized spacial score (nSPS) is 10.9. The number of hydrogen-bond acceptors (Lipinski definition) is 6. The molecule has 0 saturated carbocycles. The fraction of sp³-hybridized carbons (Fsp3) is 0.0526. The van der Waals surface area contributed by atoms with E-state index in [1.54, 1.807) is 0 Å². The first-order chi connectivity index (χ1) is 13.5. The van der Waals surface area contributed by atoms with Crippen LogP contribution in [-0.4, -0.2) is 28.7 Å². The first-order valence-corrected chi connectivity index (χ1v) is 8.95. The molecular weight excluding hydrogens is 428 g/mol. The highest BCUT2D eigenvalue weighted by Gasteiger charge is 2.17. The van der Waals surface area contributed by atoms with Gasteiger partial charge in [0.1, 0.15) is 0 Å². The van der Waals surface area contributed by atoms with Gasteiger partial charge in [0.05, 0.1) is 17.7 Å². The van der Waals surface area contributed by atoms with Crippen molar-refractivity contribution >= 4 is 50.2 Å². The SMILES string of the molecule is O=C(CNc1cccc2ccccc12)N/N=C/c1cc(Br)cc([N+](=O)[O-])c1O. The van der Waals surface area contributed by atoms with Crippen LogP contribution in [0.25, 0.3) is 10.8 Å². The van der Waals surface area contributed by atoms with Gasteiger partial charge in [0.2, 0.25) is 5.75 Å². The van der Waals surface area contributed by atoms with Crippen molar-refractivity contribution in [3.05, 3.63) is 74.7 Å². The van der Waals surface area contributed by atoms with Gasteiger partial charge in [-0.1, -0.05) is 52.3 Å². The van der Waals surface area contributed by atoms with Crippen LogP contribution in [0.4, 0.5) is 11.4 Å². The highest BCUT2D eigenvalue weighted by Crippen LogP contribution is 2.32. The molecule has 0 bridgehead atoms. The molecule has 0 fully saturated rings. The average molecular weight is 443 g/mol. The molecule has 0 heterocycles. The second-order valence-corrected chi connectivity index (χ2v) is 6.71. The number of anilines is 1. The van der Waals surface area contributed by atoms with Gasteiger partial charge in [-0.15, -0.1) is 0 Å². The van der Waals surface area contributed by atoms with Gasteiger partial charge in [-0.3, -0.25) is 14.9 Å². The number of phenolic OH excluding ortho intramolecular Hbond substituents is 1. The summed E-state index contributed by atoms with van der Waals surface area (Å²) in [5.41, 5.74) is 2.78. The van der Waals surface area contributed by atoms with Gasteiger partial charge < -0.3 is 10.4 Å². The Kier molecular flexibility index (Phi) is 5.85. The third-order valence-corrected chi connectivity index (χ3v) is 4.36. The number of amides is 1. The van der Waals surface area contributed by atoms with Crippen LogP contribution in [-0.2, 0) is 4.79 Å². The molecule has 28 heavy (non-hydrogen) atoms. The zero-order chi connectivity index (χ0) is 20.1. The molecule has 0 spiro atoms. The summed E-state index contributed by atoms with van der Waals surface area (Å²) in [4.78, 5) is 22.2. The monoisotopic (exact) mass is 442 g/mol. The van der Waals surface area contributed by atoms with E-state index < -0.39 is 22.3 Å². The summed E-state index contributed by atoms with van der Waals surface area (Å²) in [6, 6.07) is 16.2. The fourth-order valence-corrected chi connectivity index (χ4v) is 3.07. The molecule has 8 nitrogen and oxygen atoms in total. The van der Waals surface area contributed by atoms with Gasteiger partial charge in [-0.2, -0.15) is 5.10 Å². The van der Waals surface area contributed by atoms with Crippen molar-refractivity contribution in [3.63, 3.8) is 0 Å². The first kappa shape index (κ1) is 19.3. The van der Waals surface area contributed by atoms with Crippen LogP contribution < -0.4 is 10.7 Å². The van der Waals surface area contributed by atoms with Crippen molar-refractivity contribution in [1.29, 1.82) is 0 Å².